The van der Waals surface area contributed by atoms with E-state index in [2.05, 4.69) is 4.98 Å². The van der Waals surface area contributed by atoms with Crippen LogP contribution in [0.2, 0.25) is 0 Å². The van der Waals surface area contributed by atoms with Gasteiger partial charge >= 0.3 is 0 Å². The lowest BCUT2D eigenvalue weighted by Gasteiger charge is -2.10. The number of hydrogen-bond acceptors (Lipinski definition) is 3. The summed E-state index contributed by atoms with van der Waals surface area (Å²) in [4.78, 5) is 4.17. The summed E-state index contributed by atoms with van der Waals surface area (Å²) in [6, 6.07) is 3.61. The van der Waals surface area contributed by atoms with Crippen LogP contribution in [0.5, 0.6) is 0 Å². The van der Waals surface area contributed by atoms with Gasteiger partial charge in [-0.1, -0.05) is 6.07 Å². The van der Waals surface area contributed by atoms with Gasteiger partial charge in [-0.2, -0.15) is 0 Å². The van der Waals surface area contributed by atoms with E-state index in [4.69, 9.17) is 5.11 Å². The molecule has 0 amide bonds. The SMILES string of the molecule is Cc1ccc(C(O)CO)c(C)n1. The van der Waals surface area contributed by atoms with Crippen molar-refractivity contribution in [2.75, 3.05) is 6.61 Å². The fourth-order valence-corrected chi connectivity index (χ4v) is 1.15. The van der Waals surface area contributed by atoms with E-state index in [-0.39, 0.29) is 6.61 Å². The second-order valence-electron chi connectivity index (χ2n) is 2.83. The molecule has 0 saturated carbocycles. The molecule has 0 bridgehead atoms. The van der Waals surface area contributed by atoms with Crippen molar-refractivity contribution in [1.29, 1.82) is 0 Å². The molecule has 1 unspecified atom stereocenters. The van der Waals surface area contributed by atoms with Crippen LogP contribution in [-0.4, -0.2) is 21.8 Å². The minimum atomic E-state index is -0.807. The summed E-state index contributed by atoms with van der Waals surface area (Å²) >= 11 is 0. The molecule has 12 heavy (non-hydrogen) atoms. The maximum Gasteiger partial charge on any atom is 0.104 e. The van der Waals surface area contributed by atoms with E-state index in [1.807, 2.05) is 19.9 Å². The fraction of sp³-hybridized carbons (Fsp3) is 0.444. The minimum Gasteiger partial charge on any atom is -0.393 e. The van der Waals surface area contributed by atoms with Gasteiger partial charge in [0.25, 0.3) is 0 Å². The predicted octanol–water partition coefficient (Wildman–Crippen LogP) is 0.724. The number of aliphatic hydroxyl groups excluding tert-OH is 2. The summed E-state index contributed by atoms with van der Waals surface area (Å²) < 4.78 is 0. The zero-order chi connectivity index (χ0) is 9.14. The molecule has 0 aliphatic heterocycles. The minimum absolute atomic E-state index is 0.258. The molecule has 3 heteroatoms. The molecule has 0 aliphatic rings. The Morgan fingerprint density at radius 2 is 2.08 bits per heavy atom. The predicted molar refractivity (Wildman–Crippen MR) is 45.8 cm³/mol. The highest BCUT2D eigenvalue weighted by atomic mass is 16.3. The highest BCUT2D eigenvalue weighted by Gasteiger charge is 2.08. The second kappa shape index (κ2) is 3.65. The third-order valence-electron chi connectivity index (χ3n) is 1.80. The molecular weight excluding hydrogens is 154 g/mol. The van der Waals surface area contributed by atoms with Crippen molar-refractivity contribution in [2.24, 2.45) is 0 Å². The molecule has 0 spiro atoms. The van der Waals surface area contributed by atoms with Gasteiger partial charge in [0.2, 0.25) is 0 Å². The zero-order valence-electron chi connectivity index (χ0n) is 7.28. The summed E-state index contributed by atoms with van der Waals surface area (Å²) in [5.74, 6) is 0. The Morgan fingerprint density at radius 3 is 2.58 bits per heavy atom. The highest BCUT2D eigenvalue weighted by Crippen LogP contribution is 2.15. The van der Waals surface area contributed by atoms with Crippen molar-refractivity contribution in [3.05, 3.63) is 29.1 Å². The lowest BCUT2D eigenvalue weighted by Crippen LogP contribution is -2.06. The largest absolute Gasteiger partial charge is 0.393 e. The Balaban J connectivity index is 3.01. The van der Waals surface area contributed by atoms with Crippen LogP contribution in [0, 0.1) is 13.8 Å². The lowest BCUT2D eigenvalue weighted by atomic mass is 10.1. The summed E-state index contributed by atoms with van der Waals surface area (Å²) in [5.41, 5.74) is 2.39. The summed E-state index contributed by atoms with van der Waals surface area (Å²) in [6.07, 6.45) is -0.807. The van der Waals surface area contributed by atoms with Gasteiger partial charge in [0.15, 0.2) is 0 Å². The first-order valence-electron chi connectivity index (χ1n) is 3.88. The molecule has 0 saturated heterocycles. The van der Waals surface area contributed by atoms with Crippen LogP contribution in [0.1, 0.15) is 23.1 Å². The second-order valence-corrected chi connectivity index (χ2v) is 2.83. The van der Waals surface area contributed by atoms with Gasteiger partial charge in [-0.05, 0) is 19.9 Å². The van der Waals surface area contributed by atoms with E-state index in [1.165, 1.54) is 0 Å². The van der Waals surface area contributed by atoms with Crippen LogP contribution in [0.4, 0.5) is 0 Å². The third-order valence-corrected chi connectivity index (χ3v) is 1.80. The molecule has 0 radical (unpaired) electrons. The van der Waals surface area contributed by atoms with E-state index in [1.54, 1.807) is 6.07 Å². The topological polar surface area (TPSA) is 53.4 Å². The van der Waals surface area contributed by atoms with Crippen molar-refractivity contribution >= 4 is 0 Å². The molecule has 0 fully saturated rings. The number of aliphatic hydroxyl groups is 2. The van der Waals surface area contributed by atoms with Crippen LogP contribution in [0.25, 0.3) is 0 Å². The first kappa shape index (κ1) is 9.16. The Labute approximate surface area is 71.7 Å². The smallest absolute Gasteiger partial charge is 0.104 e. The first-order valence-corrected chi connectivity index (χ1v) is 3.88. The number of pyridine rings is 1. The average molecular weight is 167 g/mol. The van der Waals surface area contributed by atoms with E-state index in [0.29, 0.717) is 5.56 Å². The molecule has 1 aromatic rings. The normalized spacial score (nSPS) is 13.0. The molecule has 0 aliphatic carbocycles. The van der Waals surface area contributed by atoms with Gasteiger partial charge < -0.3 is 10.2 Å². The van der Waals surface area contributed by atoms with Crippen LogP contribution < -0.4 is 0 Å². The Bertz CT molecular complexity index is 273. The molecule has 66 valence electrons. The quantitative estimate of drug-likeness (QED) is 0.682. The molecule has 0 aromatic carbocycles. The van der Waals surface area contributed by atoms with Crippen molar-refractivity contribution in [3.63, 3.8) is 0 Å². The Kier molecular flexibility index (Phi) is 2.78. The number of aryl methyl sites for hydroxylation is 2. The molecule has 1 heterocycles. The van der Waals surface area contributed by atoms with E-state index in [9.17, 15) is 5.11 Å². The van der Waals surface area contributed by atoms with E-state index in [0.717, 1.165) is 11.4 Å². The van der Waals surface area contributed by atoms with Crippen LogP contribution >= 0.6 is 0 Å². The Hall–Kier alpha value is -0.930. The summed E-state index contributed by atoms with van der Waals surface area (Å²) in [5, 5.41) is 18.0. The van der Waals surface area contributed by atoms with Gasteiger partial charge in [-0.3, -0.25) is 4.98 Å². The Morgan fingerprint density at radius 1 is 1.42 bits per heavy atom. The standard InChI is InChI=1S/C9H13NO2/c1-6-3-4-8(7(2)10-6)9(12)5-11/h3-4,9,11-12H,5H2,1-2H3. The maximum atomic E-state index is 9.31. The van der Waals surface area contributed by atoms with Gasteiger partial charge in [-0.25, -0.2) is 0 Å². The van der Waals surface area contributed by atoms with Crippen LogP contribution in [0.3, 0.4) is 0 Å². The van der Waals surface area contributed by atoms with Gasteiger partial charge in [0.1, 0.15) is 6.10 Å². The number of nitrogens with zero attached hydrogens (tertiary/aromatic N) is 1. The summed E-state index contributed by atoms with van der Waals surface area (Å²) in [6.45, 7) is 3.45. The van der Waals surface area contributed by atoms with E-state index < -0.39 is 6.10 Å². The maximum absolute atomic E-state index is 9.31. The third kappa shape index (κ3) is 1.81. The first-order chi connectivity index (χ1) is 5.65. The molecule has 1 atom stereocenters. The van der Waals surface area contributed by atoms with E-state index >= 15 is 0 Å². The van der Waals surface area contributed by atoms with Gasteiger partial charge in [-0.15, -0.1) is 0 Å². The zero-order valence-corrected chi connectivity index (χ0v) is 7.28. The number of aromatic nitrogens is 1. The lowest BCUT2D eigenvalue weighted by molar-refractivity contribution is 0.0948. The fourth-order valence-electron chi connectivity index (χ4n) is 1.15. The van der Waals surface area contributed by atoms with Crippen molar-refractivity contribution in [2.45, 2.75) is 20.0 Å². The van der Waals surface area contributed by atoms with Gasteiger partial charge in [0.05, 0.1) is 6.61 Å². The van der Waals surface area contributed by atoms with Crippen molar-refractivity contribution < 1.29 is 10.2 Å². The monoisotopic (exact) mass is 167 g/mol. The summed E-state index contributed by atoms with van der Waals surface area (Å²) in [7, 11) is 0. The molecule has 2 N–H and O–H groups in total. The highest BCUT2D eigenvalue weighted by molar-refractivity contribution is 5.23. The molecule has 3 nitrogen and oxygen atoms in total. The van der Waals surface area contributed by atoms with Crippen molar-refractivity contribution in [1.82, 2.24) is 4.98 Å². The van der Waals surface area contributed by atoms with Crippen LogP contribution in [-0.2, 0) is 0 Å². The molecule has 1 rings (SSSR count). The molecule has 1 aromatic heterocycles. The number of rotatable bonds is 2. The van der Waals surface area contributed by atoms with Crippen LogP contribution in [0.15, 0.2) is 12.1 Å². The van der Waals surface area contributed by atoms with Gasteiger partial charge in [0, 0.05) is 17.0 Å². The average Bonchev–Trinajstić information content (AvgIpc) is 2.03. The van der Waals surface area contributed by atoms with Crippen molar-refractivity contribution in [3.8, 4) is 0 Å². The number of hydrogen-bond donors (Lipinski definition) is 2. The molecular formula is C9H13NO2.